The van der Waals surface area contributed by atoms with Crippen molar-refractivity contribution in [2.45, 2.75) is 6.61 Å². The lowest BCUT2D eigenvalue weighted by molar-refractivity contribution is -0.384. The van der Waals surface area contributed by atoms with Gasteiger partial charge in [-0.2, -0.15) is 0 Å². The van der Waals surface area contributed by atoms with E-state index in [9.17, 15) is 14.9 Å². The zero-order valence-electron chi connectivity index (χ0n) is 12.4. The summed E-state index contributed by atoms with van der Waals surface area (Å²) in [6, 6.07) is 16.2. The molecule has 24 heavy (non-hydrogen) atoms. The molecule has 1 heterocycles. The molecule has 0 unspecified atom stereocenters. The first kappa shape index (κ1) is 15.4. The summed E-state index contributed by atoms with van der Waals surface area (Å²) in [6.07, 6.45) is 0. The van der Waals surface area contributed by atoms with Crippen LogP contribution in [0.4, 0.5) is 5.69 Å². The lowest BCUT2D eigenvalue weighted by atomic mass is 10.1. The highest BCUT2D eigenvalue weighted by molar-refractivity contribution is 5.89. The number of nitro benzene ring substituents is 1. The molecule has 2 aromatic carbocycles. The largest absolute Gasteiger partial charge is 0.454 e. The van der Waals surface area contributed by atoms with Crippen molar-refractivity contribution >= 4 is 11.7 Å². The summed E-state index contributed by atoms with van der Waals surface area (Å²) in [5.41, 5.74) is 1.39. The Bertz CT molecular complexity index is 873. The van der Waals surface area contributed by atoms with Crippen molar-refractivity contribution in [3.63, 3.8) is 0 Å². The highest BCUT2D eigenvalue weighted by Gasteiger charge is 2.13. The number of nitro groups is 1. The molecule has 0 N–H and O–H groups in total. The van der Waals surface area contributed by atoms with Crippen molar-refractivity contribution in [3.8, 4) is 11.3 Å². The van der Waals surface area contributed by atoms with Crippen molar-refractivity contribution in [1.82, 2.24) is 5.16 Å². The number of hydrogen-bond donors (Lipinski definition) is 0. The molecule has 0 spiro atoms. The van der Waals surface area contributed by atoms with E-state index in [1.54, 1.807) is 48.5 Å². The number of benzene rings is 2. The lowest BCUT2D eigenvalue weighted by Gasteiger charge is -2.01. The Morgan fingerprint density at radius 1 is 1.12 bits per heavy atom. The summed E-state index contributed by atoms with van der Waals surface area (Å²) in [4.78, 5) is 22.2. The lowest BCUT2D eigenvalue weighted by Crippen LogP contribution is -2.04. The van der Waals surface area contributed by atoms with Gasteiger partial charge in [0, 0.05) is 23.8 Å². The monoisotopic (exact) mass is 324 g/mol. The minimum absolute atomic E-state index is 0.0347. The second kappa shape index (κ2) is 6.74. The molecule has 3 aromatic rings. The number of hydrogen-bond acceptors (Lipinski definition) is 6. The van der Waals surface area contributed by atoms with Gasteiger partial charge in [0.15, 0.2) is 12.4 Å². The van der Waals surface area contributed by atoms with E-state index in [2.05, 4.69) is 5.16 Å². The first-order valence-corrected chi connectivity index (χ1v) is 7.06. The Kier molecular flexibility index (Phi) is 4.33. The van der Waals surface area contributed by atoms with Crippen molar-refractivity contribution in [2.75, 3.05) is 0 Å². The molecule has 0 atom stereocenters. The van der Waals surface area contributed by atoms with Crippen molar-refractivity contribution in [1.29, 1.82) is 0 Å². The number of rotatable bonds is 5. The smallest absolute Gasteiger partial charge is 0.338 e. The van der Waals surface area contributed by atoms with Gasteiger partial charge in [-0.05, 0) is 12.1 Å². The molecule has 0 aliphatic heterocycles. The molecular weight excluding hydrogens is 312 g/mol. The number of nitrogens with zero attached hydrogens (tertiary/aromatic N) is 2. The number of carbonyl (C=O) groups is 1. The molecule has 7 heteroatoms. The molecule has 0 amide bonds. The molecule has 0 radical (unpaired) electrons. The van der Waals surface area contributed by atoms with E-state index in [4.69, 9.17) is 9.26 Å². The second-order valence-corrected chi connectivity index (χ2v) is 4.93. The van der Waals surface area contributed by atoms with E-state index >= 15 is 0 Å². The zero-order valence-corrected chi connectivity index (χ0v) is 12.4. The molecule has 0 aliphatic rings. The van der Waals surface area contributed by atoms with E-state index in [0.29, 0.717) is 22.6 Å². The Hall–Kier alpha value is -3.48. The van der Waals surface area contributed by atoms with Crippen LogP contribution in [0.1, 0.15) is 16.1 Å². The molecule has 7 nitrogen and oxygen atoms in total. The van der Waals surface area contributed by atoms with E-state index in [0.717, 1.165) is 0 Å². The van der Waals surface area contributed by atoms with Crippen LogP contribution in [0.5, 0.6) is 0 Å². The van der Waals surface area contributed by atoms with Crippen molar-refractivity contribution in [3.05, 3.63) is 82.1 Å². The molecule has 120 valence electrons. The van der Waals surface area contributed by atoms with Gasteiger partial charge in [0.2, 0.25) is 0 Å². The van der Waals surface area contributed by atoms with Crippen LogP contribution < -0.4 is 0 Å². The quantitative estimate of drug-likeness (QED) is 0.404. The highest BCUT2D eigenvalue weighted by Crippen LogP contribution is 2.23. The van der Waals surface area contributed by atoms with E-state index < -0.39 is 10.9 Å². The van der Waals surface area contributed by atoms with Crippen molar-refractivity contribution in [2.24, 2.45) is 0 Å². The van der Waals surface area contributed by atoms with Crippen LogP contribution in [-0.4, -0.2) is 16.0 Å². The topological polar surface area (TPSA) is 95.5 Å². The average Bonchev–Trinajstić information content (AvgIpc) is 3.09. The maximum absolute atomic E-state index is 11.9. The molecule has 0 saturated carbocycles. The van der Waals surface area contributed by atoms with E-state index in [-0.39, 0.29) is 12.3 Å². The molecule has 0 aliphatic carbocycles. The van der Waals surface area contributed by atoms with Crippen LogP contribution in [0.25, 0.3) is 11.3 Å². The number of non-ortho nitro benzene ring substituents is 1. The van der Waals surface area contributed by atoms with Gasteiger partial charge < -0.3 is 9.26 Å². The fraction of sp³-hybridized carbons (Fsp3) is 0.0588. The maximum Gasteiger partial charge on any atom is 0.338 e. The van der Waals surface area contributed by atoms with Crippen LogP contribution in [0.15, 0.2) is 65.2 Å². The Balaban J connectivity index is 1.69. The van der Waals surface area contributed by atoms with Gasteiger partial charge in [-0.15, -0.1) is 0 Å². The SMILES string of the molecule is O=C(OCc1cc(-c2cccc([N+](=O)[O-])c2)no1)c1ccccc1. The predicted octanol–water partition coefficient (Wildman–Crippen LogP) is 3.61. The normalized spacial score (nSPS) is 10.3. The summed E-state index contributed by atoms with van der Waals surface area (Å²) in [5.74, 6) is -0.121. The van der Waals surface area contributed by atoms with Gasteiger partial charge in [-0.25, -0.2) is 4.79 Å². The first-order valence-electron chi connectivity index (χ1n) is 7.06. The zero-order chi connectivity index (χ0) is 16.9. The maximum atomic E-state index is 11.9. The predicted molar refractivity (Wildman–Crippen MR) is 84.2 cm³/mol. The third kappa shape index (κ3) is 3.46. The summed E-state index contributed by atoms with van der Waals surface area (Å²) in [5, 5.41) is 14.7. The van der Waals surface area contributed by atoms with Gasteiger partial charge >= 0.3 is 5.97 Å². The molecule has 1 aromatic heterocycles. The van der Waals surface area contributed by atoms with Gasteiger partial charge in [0.1, 0.15) is 5.69 Å². The minimum atomic E-state index is -0.480. The number of esters is 1. The molecule has 0 saturated heterocycles. The Morgan fingerprint density at radius 2 is 1.92 bits per heavy atom. The summed E-state index contributed by atoms with van der Waals surface area (Å²) >= 11 is 0. The minimum Gasteiger partial charge on any atom is -0.454 e. The summed E-state index contributed by atoms with van der Waals surface area (Å²) < 4.78 is 10.3. The Morgan fingerprint density at radius 3 is 2.67 bits per heavy atom. The number of ether oxygens (including phenoxy) is 1. The van der Waals surface area contributed by atoms with Crippen LogP contribution >= 0.6 is 0 Å². The fourth-order valence-electron chi connectivity index (χ4n) is 2.09. The van der Waals surface area contributed by atoms with Gasteiger partial charge in [0.05, 0.1) is 10.5 Å². The third-order valence-electron chi connectivity index (χ3n) is 3.27. The Labute approximate surface area is 136 Å². The van der Waals surface area contributed by atoms with Gasteiger partial charge in [-0.3, -0.25) is 10.1 Å². The van der Waals surface area contributed by atoms with Crippen molar-refractivity contribution < 1.29 is 19.0 Å². The van der Waals surface area contributed by atoms with E-state index in [1.165, 1.54) is 12.1 Å². The third-order valence-corrected chi connectivity index (χ3v) is 3.27. The second-order valence-electron chi connectivity index (χ2n) is 4.93. The van der Waals surface area contributed by atoms with Gasteiger partial charge in [-0.1, -0.05) is 35.5 Å². The van der Waals surface area contributed by atoms with Crippen LogP contribution in [-0.2, 0) is 11.3 Å². The van der Waals surface area contributed by atoms with Crippen LogP contribution in [0, 0.1) is 10.1 Å². The average molecular weight is 324 g/mol. The molecular formula is C17H12N2O5. The first-order chi connectivity index (χ1) is 11.6. The molecule has 0 bridgehead atoms. The van der Waals surface area contributed by atoms with Crippen LogP contribution in [0.3, 0.4) is 0 Å². The van der Waals surface area contributed by atoms with E-state index in [1.807, 2.05) is 0 Å². The fourth-order valence-corrected chi connectivity index (χ4v) is 2.09. The molecule has 0 fully saturated rings. The molecule has 3 rings (SSSR count). The van der Waals surface area contributed by atoms with Crippen LogP contribution in [0.2, 0.25) is 0 Å². The standard InChI is InChI=1S/C17H12N2O5/c20-17(12-5-2-1-3-6-12)23-11-15-10-16(18-24-15)13-7-4-8-14(9-13)19(21)22/h1-10H,11H2. The van der Waals surface area contributed by atoms with Gasteiger partial charge in [0.25, 0.3) is 5.69 Å². The highest BCUT2D eigenvalue weighted by atomic mass is 16.6. The summed E-state index contributed by atoms with van der Waals surface area (Å²) in [6.45, 7) is -0.0738. The number of aromatic nitrogens is 1. The number of carbonyl (C=O) groups excluding carboxylic acids is 1. The summed E-state index contributed by atoms with van der Waals surface area (Å²) in [7, 11) is 0.